The second-order valence-corrected chi connectivity index (χ2v) is 8.50. The van der Waals surface area contributed by atoms with Crippen LogP contribution < -0.4 is 0 Å². The maximum Gasteiger partial charge on any atom is 0.141 e. The number of nitriles is 2. The molecule has 0 saturated carbocycles. The van der Waals surface area contributed by atoms with Crippen LogP contribution in [0.2, 0.25) is 0 Å². The third-order valence-corrected chi connectivity index (χ3v) is 6.51. The Balaban J connectivity index is 1.59. The van der Waals surface area contributed by atoms with Gasteiger partial charge in [0.1, 0.15) is 23.5 Å². The Bertz CT molecular complexity index is 1730. The van der Waals surface area contributed by atoms with Crippen LogP contribution >= 0.6 is 0 Å². The Morgan fingerprint density at radius 2 is 0.806 bits per heavy atom. The topological polar surface area (TPSA) is 73.4 Å². The van der Waals surface area contributed by atoms with Gasteiger partial charge in [-0.1, -0.05) is 72.8 Å². The average molecular weight is 459 g/mol. The van der Waals surface area contributed by atoms with Gasteiger partial charge in [-0.15, -0.1) is 0 Å². The van der Waals surface area contributed by atoms with Gasteiger partial charge in [0.15, 0.2) is 0 Å². The number of aromatic nitrogens is 2. The Kier molecular flexibility index (Phi) is 5.19. The number of fused-ring (bicyclic) bond motifs is 2. The molecule has 0 radical (unpaired) electrons. The molecule has 0 N–H and O–H groups in total. The zero-order valence-corrected chi connectivity index (χ0v) is 19.2. The van der Waals surface area contributed by atoms with Crippen molar-refractivity contribution in [2.45, 2.75) is 0 Å². The first-order chi connectivity index (χ1) is 17.8. The Labute approximate surface area is 208 Å². The van der Waals surface area contributed by atoms with Crippen LogP contribution in [-0.4, -0.2) is 9.97 Å². The number of hydrogen-bond donors (Lipinski definition) is 0. The fraction of sp³-hybridized carbons (Fsp3) is 0. The normalized spacial score (nSPS) is 10.7. The number of rotatable bonds is 3. The molecule has 2 aromatic heterocycles. The van der Waals surface area contributed by atoms with Crippen molar-refractivity contribution in [1.82, 2.24) is 9.97 Å². The molecule has 0 fully saturated rings. The lowest BCUT2D eigenvalue weighted by Crippen LogP contribution is -1.91. The molecule has 0 amide bonds. The predicted molar refractivity (Wildman–Crippen MR) is 143 cm³/mol. The molecule has 4 heteroatoms. The third kappa shape index (κ3) is 3.55. The molecular weight excluding hydrogens is 440 g/mol. The van der Waals surface area contributed by atoms with Crippen LogP contribution in [0, 0.1) is 22.7 Å². The van der Waals surface area contributed by atoms with Crippen molar-refractivity contribution in [1.29, 1.82) is 10.5 Å². The molecule has 0 aliphatic heterocycles. The summed E-state index contributed by atoms with van der Waals surface area (Å²) in [5, 5.41) is 23.1. The van der Waals surface area contributed by atoms with E-state index in [1.165, 1.54) is 0 Å². The quantitative estimate of drug-likeness (QED) is 0.275. The molecule has 36 heavy (non-hydrogen) atoms. The molecule has 4 aromatic carbocycles. The van der Waals surface area contributed by atoms with E-state index in [0.29, 0.717) is 11.4 Å². The van der Waals surface area contributed by atoms with Crippen LogP contribution in [0.15, 0.2) is 109 Å². The summed E-state index contributed by atoms with van der Waals surface area (Å²) in [5.74, 6) is 0. The van der Waals surface area contributed by atoms with Crippen molar-refractivity contribution < 1.29 is 0 Å². The highest BCUT2D eigenvalue weighted by molar-refractivity contribution is 6.12. The zero-order valence-electron chi connectivity index (χ0n) is 19.2. The Morgan fingerprint density at radius 1 is 0.444 bits per heavy atom. The first-order valence-electron chi connectivity index (χ1n) is 11.5. The molecule has 166 valence electrons. The molecule has 0 unspecified atom stereocenters. The summed E-state index contributed by atoms with van der Waals surface area (Å²) in [5.41, 5.74) is 7.14. The lowest BCUT2D eigenvalue weighted by atomic mass is 9.88. The van der Waals surface area contributed by atoms with E-state index in [9.17, 15) is 10.5 Å². The van der Waals surface area contributed by atoms with Crippen LogP contribution in [0.5, 0.6) is 0 Å². The van der Waals surface area contributed by atoms with Gasteiger partial charge >= 0.3 is 0 Å². The summed E-state index contributed by atoms with van der Waals surface area (Å²) in [7, 11) is 0. The molecule has 0 aliphatic rings. The van der Waals surface area contributed by atoms with Gasteiger partial charge in [0.2, 0.25) is 0 Å². The smallest absolute Gasteiger partial charge is 0.141 e. The summed E-state index contributed by atoms with van der Waals surface area (Å²) in [6.45, 7) is 0. The summed E-state index contributed by atoms with van der Waals surface area (Å²) >= 11 is 0. The summed E-state index contributed by atoms with van der Waals surface area (Å²) in [6.07, 6.45) is 3.36. The van der Waals surface area contributed by atoms with E-state index in [1.807, 2.05) is 36.4 Å². The molecule has 0 atom stereocenters. The molecule has 4 nitrogen and oxygen atoms in total. The predicted octanol–water partition coefficient (Wildman–Crippen LogP) is 7.53. The van der Waals surface area contributed by atoms with Crippen molar-refractivity contribution in [3.8, 4) is 45.5 Å². The average Bonchev–Trinajstić information content (AvgIpc) is 2.96. The van der Waals surface area contributed by atoms with Gasteiger partial charge in [-0.2, -0.15) is 10.5 Å². The van der Waals surface area contributed by atoms with Crippen LogP contribution in [-0.2, 0) is 0 Å². The summed E-state index contributed by atoms with van der Waals surface area (Å²) in [6, 6.07) is 37.1. The monoisotopic (exact) mass is 458 g/mol. The van der Waals surface area contributed by atoms with Crippen molar-refractivity contribution >= 4 is 21.5 Å². The van der Waals surface area contributed by atoms with Crippen LogP contribution in [0.25, 0.3) is 54.9 Å². The first kappa shape index (κ1) is 21.2. The second-order valence-electron chi connectivity index (χ2n) is 8.50. The van der Waals surface area contributed by atoms with Gasteiger partial charge < -0.3 is 0 Å². The van der Waals surface area contributed by atoms with Gasteiger partial charge in [-0.3, -0.25) is 0 Å². The summed E-state index contributed by atoms with van der Waals surface area (Å²) in [4.78, 5) is 8.25. The first-order valence-corrected chi connectivity index (χ1v) is 11.5. The van der Waals surface area contributed by atoms with Gasteiger partial charge in [0.05, 0.1) is 0 Å². The number of hydrogen-bond acceptors (Lipinski definition) is 4. The van der Waals surface area contributed by atoms with Gasteiger partial charge in [-0.25, -0.2) is 9.97 Å². The number of nitrogens with zero attached hydrogens (tertiary/aromatic N) is 4. The van der Waals surface area contributed by atoms with Crippen molar-refractivity contribution in [3.63, 3.8) is 0 Å². The van der Waals surface area contributed by atoms with Crippen molar-refractivity contribution in [3.05, 3.63) is 121 Å². The van der Waals surface area contributed by atoms with E-state index in [1.54, 1.807) is 12.4 Å². The molecule has 0 aliphatic carbocycles. The molecule has 0 bridgehead atoms. The zero-order chi connectivity index (χ0) is 24.5. The van der Waals surface area contributed by atoms with Crippen LogP contribution in [0.3, 0.4) is 0 Å². The van der Waals surface area contributed by atoms with Gasteiger partial charge in [0, 0.05) is 12.4 Å². The highest BCUT2D eigenvalue weighted by atomic mass is 14.7. The second kappa shape index (κ2) is 8.80. The van der Waals surface area contributed by atoms with Crippen LogP contribution in [0.4, 0.5) is 0 Å². The minimum Gasteiger partial charge on any atom is -0.246 e. The van der Waals surface area contributed by atoms with E-state index in [-0.39, 0.29) is 0 Å². The standard InChI is InChI=1S/C32H18N4/c33-19-23-17-21(13-15-35-23)25-9-11-31(29-7-3-1-5-27(25)29)32-12-10-26(28-6-2-4-8-30(28)32)22-14-16-36-24(18-22)20-34/h1-18H. The Morgan fingerprint density at radius 3 is 1.19 bits per heavy atom. The third-order valence-electron chi connectivity index (χ3n) is 6.51. The van der Waals surface area contributed by atoms with E-state index in [0.717, 1.165) is 54.9 Å². The highest BCUT2D eigenvalue weighted by Crippen LogP contribution is 2.40. The Hall–Kier alpha value is -5.32. The molecule has 2 heterocycles. The lowest BCUT2D eigenvalue weighted by molar-refractivity contribution is 1.27. The number of pyridine rings is 2. The molecule has 0 saturated heterocycles. The molecule has 0 spiro atoms. The van der Waals surface area contributed by atoms with Crippen LogP contribution in [0.1, 0.15) is 11.4 Å². The van der Waals surface area contributed by atoms with E-state index >= 15 is 0 Å². The lowest BCUT2D eigenvalue weighted by Gasteiger charge is -2.16. The van der Waals surface area contributed by atoms with E-state index < -0.39 is 0 Å². The number of benzene rings is 4. The minimum absolute atomic E-state index is 0.401. The van der Waals surface area contributed by atoms with E-state index in [2.05, 4.69) is 82.8 Å². The summed E-state index contributed by atoms with van der Waals surface area (Å²) < 4.78 is 0. The minimum atomic E-state index is 0.401. The highest BCUT2D eigenvalue weighted by Gasteiger charge is 2.14. The van der Waals surface area contributed by atoms with E-state index in [4.69, 9.17) is 0 Å². The largest absolute Gasteiger partial charge is 0.246 e. The van der Waals surface area contributed by atoms with Crippen molar-refractivity contribution in [2.75, 3.05) is 0 Å². The maximum absolute atomic E-state index is 9.32. The SMILES string of the molecule is N#Cc1cc(-c2ccc(-c3ccc(-c4ccnc(C#N)c4)c4ccccc34)c3ccccc23)ccn1. The molecule has 6 aromatic rings. The maximum atomic E-state index is 9.32. The fourth-order valence-electron chi connectivity index (χ4n) is 4.89. The molecular formula is C32H18N4. The van der Waals surface area contributed by atoms with Gasteiger partial charge in [0.25, 0.3) is 0 Å². The fourth-order valence-corrected chi connectivity index (χ4v) is 4.89. The molecule has 6 rings (SSSR count). The van der Waals surface area contributed by atoms with Crippen molar-refractivity contribution in [2.24, 2.45) is 0 Å². The van der Waals surface area contributed by atoms with Gasteiger partial charge in [-0.05, 0) is 79.2 Å².